The number of likely N-dealkylation sites (N-methyl/N-ethyl adjacent to an activating group) is 1. The molecule has 0 bridgehead atoms. The predicted molar refractivity (Wildman–Crippen MR) is 73.2 cm³/mol. The zero-order valence-electron chi connectivity index (χ0n) is 9.94. The van der Waals surface area contributed by atoms with Crippen LogP contribution in [0.4, 0.5) is 0 Å². The summed E-state index contributed by atoms with van der Waals surface area (Å²) in [5.74, 6) is 0. The lowest BCUT2D eigenvalue weighted by atomic mass is 10.0. The topological polar surface area (TPSA) is 19.0 Å². The molecule has 0 radical (unpaired) electrons. The molecule has 0 aliphatic rings. The van der Waals surface area contributed by atoms with E-state index in [1.807, 2.05) is 6.07 Å². The second kappa shape index (κ2) is 4.52. The summed E-state index contributed by atoms with van der Waals surface area (Å²) in [6.07, 6.45) is 2.07. The summed E-state index contributed by atoms with van der Waals surface area (Å²) in [5, 5.41) is 1.50. The van der Waals surface area contributed by atoms with Gasteiger partial charge in [0.2, 0.25) is 0 Å². The average Bonchev–Trinajstić information content (AvgIpc) is 2.70. The lowest BCUT2D eigenvalue weighted by molar-refractivity contribution is 0.309. The van der Waals surface area contributed by atoms with Crippen molar-refractivity contribution in [2.45, 2.75) is 18.2 Å². The van der Waals surface area contributed by atoms with Gasteiger partial charge in [0.25, 0.3) is 0 Å². The number of aromatic amines is 1. The number of para-hydroxylation sites is 1. The first kappa shape index (κ1) is 11.6. The molecule has 16 heavy (non-hydrogen) atoms. The normalized spacial score (nSPS) is 15.6. The van der Waals surface area contributed by atoms with Crippen LogP contribution in [0.25, 0.3) is 10.9 Å². The predicted octanol–water partition coefficient (Wildman–Crippen LogP) is 3.09. The third-order valence-electron chi connectivity index (χ3n) is 3.21. The summed E-state index contributed by atoms with van der Waals surface area (Å²) < 4.78 is 0. The van der Waals surface area contributed by atoms with Gasteiger partial charge in [-0.3, -0.25) is 0 Å². The van der Waals surface area contributed by atoms with Gasteiger partial charge in [0.15, 0.2) is 0 Å². The molecular formula is C13H18N2S. The Bertz CT molecular complexity index is 475. The Morgan fingerprint density at radius 1 is 1.25 bits per heavy atom. The highest BCUT2D eigenvalue weighted by Crippen LogP contribution is 2.31. The zero-order chi connectivity index (χ0) is 11.7. The third-order valence-corrected chi connectivity index (χ3v) is 3.92. The molecule has 3 heteroatoms. The Balaban J connectivity index is 2.40. The molecule has 0 saturated carbocycles. The van der Waals surface area contributed by atoms with Crippen molar-refractivity contribution < 1.29 is 0 Å². The van der Waals surface area contributed by atoms with E-state index < -0.39 is 0 Å². The van der Waals surface area contributed by atoms with Crippen LogP contribution >= 0.6 is 12.6 Å². The van der Waals surface area contributed by atoms with Crippen molar-refractivity contribution >= 4 is 23.5 Å². The van der Waals surface area contributed by atoms with Crippen molar-refractivity contribution in [1.29, 1.82) is 0 Å². The summed E-state index contributed by atoms with van der Waals surface area (Å²) in [7, 11) is 4.17. The van der Waals surface area contributed by atoms with Gasteiger partial charge in [0.05, 0.1) is 0 Å². The van der Waals surface area contributed by atoms with Gasteiger partial charge in [-0.2, -0.15) is 12.6 Å². The molecule has 0 fully saturated rings. The van der Waals surface area contributed by atoms with Crippen molar-refractivity contribution in [1.82, 2.24) is 9.88 Å². The molecule has 1 aromatic heterocycles. The summed E-state index contributed by atoms with van der Waals surface area (Å²) >= 11 is 4.73. The molecule has 2 atom stereocenters. The van der Waals surface area contributed by atoms with E-state index in [0.29, 0.717) is 6.04 Å². The summed E-state index contributed by atoms with van der Waals surface area (Å²) in [6.45, 7) is 2.19. The van der Waals surface area contributed by atoms with Gasteiger partial charge < -0.3 is 9.88 Å². The first-order valence-corrected chi connectivity index (χ1v) is 6.03. The SMILES string of the molecule is CC(C(S)c1c[nH]c2ccccc12)N(C)C. The van der Waals surface area contributed by atoms with Gasteiger partial charge >= 0.3 is 0 Å². The monoisotopic (exact) mass is 234 g/mol. The Labute approximate surface area is 102 Å². The molecule has 86 valence electrons. The van der Waals surface area contributed by atoms with E-state index in [9.17, 15) is 0 Å². The zero-order valence-corrected chi connectivity index (χ0v) is 10.8. The number of fused-ring (bicyclic) bond motifs is 1. The van der Waals surface area contributed by atoms with Gasteiger partial charge in [-0.1, -0.05) is 18.2 Å². The molecule has 2 nitrogen and oxygen atoms in total. The summed E-state index contributed by atoms with van der Waals surface area (Å²) in [5.41, 5.74) is 2.46. The number of rotatable bonds is 3. The highest BCUT2D eigenvalue weighted by molar-refractivity contribution is 7.80. The highest BCUT2D eigenvalue weighted by Gasteiger charge is 2.19. The van der Waals surface area contributed by atoms with E-state index in [-0.39, 0.29) is 5.25 Å². The van der Waals surface area contributed by atoms with Crippen LogP contribution in [0.15, 0.2) is 30.5 Å². The van der Waals surface area contributed by atoms with Crippen molar-refractivity contribution in [3.8, 4) is 0 Å². The van der Waals surface area contributed by atoms with Crippen LogP contribution in [0.2, 0.25) is 0 Å². The Kier molecular flexibility index (Phi) is 3.26. The van der Waals surface area contributed by atoms with E-state index >= 15 is 0 Å². The highest BCUT2D eigenvalue weighted by atomic mass is 32.1. The fraction of sp³-hybridized carbons (Fsp3) is 0.385. The lowest BCUT2D eigenvalue weighted by Gasteiger charge is -2.25. The molecular weight excluding hydrogens is 216 g/mol. The largest absolute Gasteiger partial charge is 0.361 e. The maximum atomic E-state index is 4.73. The van der Waals surface area contributed by atoms with Gasteiger partial charge in [-0.25, -0.2) is 0 Å². The minimum Gasteiger partial charge on any atom is -0.361 e. The molecule has 0 saturated heterocycles. The van der Waals surface area contributed by atoms with Crippen molar-refractivity contribution in [3.63, 3.8) is 0 Å². The molecule has 0 aliphatic heterocycles. The molecule has 0 aliphatic carbocycles. The smallest absolute Gasteiger partial charge is 0.0457 e. The first-order chi connectivity index (χ1) is 7.61. The Morgan fingerprint density at radius 3 is 2.62 bits per heavy atom. The maximum Gasteiger partial charge on any atom is 0.0457 e. The number of nitrogens with one attached hydrogen (secondary N) is 1. The van der Waals surface area contributed by atoms with Gasteiger partial charge in [-0.15, -0.1) is 0 Å². The number of hydrogen-bond acceptors (Lipinski definition) is 2. The fourth-order valence-corrected chi connectivity index (χ4v) is 2.36. The summed E-state index contributed by atoms with van der Waals surface area (Å²) in [4.78, 5) is 5.49. The van der Waals surface area contributed by atoms with E-state index in [1.54, 1.807) is 0 Å². The minimum absolute atomic E-state index is 0.228. The molecule has 2 rings (SSSR count). The van der Waals surface area contributed by atoms with Gasteiger partial charge in [-0.05, 0) is 32.6 Å². The molecule has 1 heterocycles. The quantitative estimate of drug-likeness (QED) is 0.781. The van der Waals surface area contributed by atoms with Crippen LogP contribution in [0, 0.1) is 0 Å². The summed E-state index contributed by atoms with van der Waals surface area (Å²) in [6, 6.07) is 8.76. The van der Waals surface area contributed by atoms with Crippen LogP contribution in [0.1, 0.15) is 17.7 Å². The van der Waals surface area contributed by atoms with Crippen molar-refractivity contribution in [3.05, 3.63) is 36.0 Å². The van der Waals surface area contributed by atoms with Crippen LogP contribution in [0.5, 0.6) is 0 Å². The molecule has 1 aromatic carbocycles. The number of thiol groups is 1. The number of nitrogens with zero attached hydrogens (tertiary/aromatic N) is 1. The second-order valence-electron chi connectivity index (χ2n) is 4.44. The third kappa shape index (κ3) is 1.97. The van der Waals surface area contributed by atoms with E-state index in [2.05, 4.69) is 55.3 Å². The molecule has 2 aromatic rings. The van der Waals surface area contributed by atoms with Crippen molar-refractivity contribution in [2.24, 2.45) is 0 Å². The molecule has 1 N–H and O–H groups in total. The fourth-order valence-electron chi connectivity index (χ4n) is 1.88. The van der Waals surface area contributed by atoms with Crippen molar-refractivity contribution in [2.75, 3.05) is 14.1 Å². The lowest BCUT2D eigenvalue weighted by Crippen LogP contribution is -2.28. The van der Waals surface area contributed by atoms with E-state index in [1.165, 1.54) is 16.5 Å². The standard InChI is InChI=1S/C13H18N2S/c1-9(15(2)3)13(16)11-8-14-12-7-5-4-6-10(11)12/h4-9,13-14,16H,1-3H3. The second-order valence-corrected chi connectivity index (χ2v) is 4.99. The number of benzene rings is 1. The first-order valence-electron chi connectivity index (χ1n) is 5.51. The Hall–Kier alpha value is -0.930. The van der Waals surface area contributed by atoms with Crippen LogP contribution in [-0.4, -0.2) is 30.0 Å². The Morgan fingerprint density at radius 2 is 1.94 bits per heavy atom. The average molecular weight is 234 g/mol. The molecule has 0 spiro atoms. The maximum absolute atomic E-state index is 4.73. The van der Waals surface area contributed by atoms with Gasteiger partial charge in [0, 0.05) is 28.4 Å². The minimum atomic E-state index is 0.228. The number of H-pyrrole nitrogens is 1. The van der Waals surface area contributed by atoms with Crippen LogP contribution in [0.3, 0.4) is 0 Å². The number of hydrogen-bond donors (Lipinski definition) is 2. The molecule has 0 amide bonds. The van der Waals surface area contributed by atoms with E-state index in [4.69, 9.17) is 12.6 Å². The van der Waals surface area contributed by atoms with Crippen LogP contribution < -0.4 is 0 Å². The van der Waals surface area contributed by atoms with E-state index in [0.717, 1.165) is 0 Å². The molecule has 2 unspecified atom stereocenters. The van der Waals surface area contributed by atoms with Gasteiger partial charge in [0.1, 0.15) is 0 Å². The van der Waals surface area contributed by atoms with Crippen LogP contribution in [-0.2, 0) is 0 Å². The number of aromatic nitrogens is 1.